The number of amides is 3. The molecule has 158 valence electrons. The summed E-state index contributed by atoms with van der Waals surface area (Å²) in [5.41, 5.74) is 0.378. The summed E-state index contributed by atoms with van der Waals surface area (Å²) < 4.78 is 42.4. The molecular weight excluding hydrogens is 401 g/mol. The Labute approximate surface area is 170 Å². The van der Waals surface area contributed by atoms with Gasteiger partial charge in [-0.2, -0.15) is 13.2 Å². The van der Waals surface area contributed by atoms with Gasteiger partial charge in [0.15, 0.2) is 6.10 Å². The van der Waals surface area contributed by atoms with Gasteiger partial charge in [-0.25, -0.2) is 9.59 Å². The lowest BCUT2D eigenvalue weighted by Crippen LogP contribution is -2.44. The van der Waals surface area contributed by atoms with Crippen LogP contribution in [-0.2, 0) is 27.0 Å². The summed E-state index contributed by atoms with van der Waals surface area (Å²) >= 11 is 0. The smallest absolute Gasteiger partial charge is 0.416 e. The molecule has 0 saturated heterocycles. The van der Waals surface area contributed by atoms with Crippen molar-refractivity contribution in [3.63, 3.8) is 0 Å². The first-order valence-corrected chi connectivity index (χ1v) is 8.84. The predicted molar refractivity (Wildman–Crippen MR) is 103 cm³/mol. The molecule has 0 spiro atoms. The third-order valence-corrected chi connectivity index (χ3v) is 3.84. The van der Waals surface area contributed by atoms with Gasteiger partial charge in [0.2, 0.25) is 0 Å². The number of carbonyl (C=O) groups excluding carboxylic acids is 3. The highest BCUT2D eigenvalue weighted by molar-refractivity contribution is 5.98. The molecule has 1 atom stereocenters. The van der Waals surface area contributed by atoms with Crippen LogP contribution in [0.15, 0.2) is 60.7 Å². The van der Waals surface area contributed by atoms with E-state index in [0.29, 0.717) is 5.56 Å². The number of hydrogen-bond donors (Lipinski definition) is 2. The fourth-order valence-electron chi connectivity index (χ4n) is 2.25. The largest absolute Gasteiger partial charge is 0.449 e. The van der Waals surface area contributed by atoms with Gasteiger partial charge < -0.3 is 10.1 Å². The Morgan fingerprint density at radius 3 is 2.27 bits per heavy atom. The molecule has 3 amide bonds. The van der Waals surface area contributed by atoms with Crippen molar-refractivity contribution >= 4 is 24.0 Å². The number of nitrogens with one attached hydrogen (secondary N) is 2. The summed E-state index contributed by atoms with van der Waals surface area (Å²) in [5, 5.41) is 4.55. The van der Waals surface area contributed by atoms with Crippen LogP contribution in [0.5, 0.6) is 0 Å². The fourth-order valence-corrected chi connectivity index (χ4v) is 2.25. The van der Waals surface area contributed by atoms with E-state index in [4.69, 9.17) is 4.74 Å². The van der Waals surface area contributed by atoms with Gasteiger partial charge in [-0.05, 0) is 36.3 Å². The van der Waals surface area contributed by atoms with E-state index in [0.717, 1.165) is 23.8 Å². The average Bonchev–Trinajstić information content (AvgIpc) is 2.71. The van der Waals surface area contributed by atoms with Gasteiger partial charge in [0.25, 0.3) is 5.91 Å². The molecule has 0 heterocycles. The van der Waals surface area contributed by atoms with Gasteiger partial charge in [-0.1, -0.05) is 42.5 Å². The van der Waals surface area contributed by atoms with E-state index in [2.05, 4.69) is 10.6 Å². The zero-order valence-corrected chi connectivity index (χ0v) is 15.9. The van der Waals surface area contributed by atoms with Crippen LogP contribution in [0.25, 0.3) is 6.08 Å². The molecule has 0 aliphatic carbocycles. The highest BCUT2D eigenvalue weighted by Crippen LogP contribution is 2.29. The van der Waals surface area contributed by atoms with Crippen LogP contribution >= 0.6 is 0 Å². The lowest BCUT2D eigenvalue weighted by molar-refractivity contribution is -0.149. The van der Waals surface area contributed by atoms with Crippen LogP contribution in [0.2, 0.25) is 0 Å². The van der Waals surface area contributed by atoms with Gasteiger partial charge in [0.1, 0.15) is 0 Å². The van der Waals surface area contributed by atoms with Crippen molar-refractivity contribution in [1.82, 2.24) is 10.6 Å². The molecule has 0 bridgehead atoms. The molecule has 2 aromatic carbocycles. The third-order valence-electron chi connectivity index (χ3n) is 3.84. The van der Waals surface area contributed by atoms with Crippen molar-refractivity contribution in [3.8, 4) is 0 Å². The summed E-state index contributed by atoms with van der Waals surface area (Å²) in [6.45, 7) is 1.49. The van der Waals surface area contributed by atoms with Crippen LogP contribution in [0, 0.1) is 0 Å². The summed E-state index contributed by atoms with van der Waals surface area (Å²) in [6, 6.07) is 12.5. The lowest BCUT2D eigenvalue weighted by Gasteiger charge is -2.12. The first-order valence-electron chi connectivity index (χ1n) is 8.84. The molecule has 0 aliphatic rings. The van der Waals surface area contributed by atoms with Crippen molar-refractivity contribution in [2.45, 2.75) is 25.7 Å². The Bertz CT molecular complexity index is 910. The van der Waals surface area contributed by atoms with Crippen LogP contribution in [0.4, 0.5) is 18.0 Å². The maximum absolute atomic E-state index is 12.5. The van der Waals surface area contributed by atoms with Crippen molar-refractivity contribution in [3.05, 3.63) is 77.4 Å². The monoisotopic (exact) mass is 420 g/mol. The summed E-state index contributed by atoms with van der Waals surface area (Å²) in [5.74, 6) is -1.71. The number of esters is 1. The second kappa shape index (κ2) is 10.2. The highest BCUT2D eigenvalue weighted by atomic mass is 19.4. The number of halogens is 3. The van der Waals surface area contributed by atoms with E-state index in [1.165, 1.54) is 25.1 Å². The molecule has 0 radical (unpaired) electrons. The topological polar surface area (TPSA) is 84.5 Å². The standard InChI is InChI=1S/C21H19F3N2O4/c1-14(19(28)26-20(29)25-13-16-5-3-2-4-6-16)30-18(27)12-9-15-7-10-17(11-8-15)21(22,23)24/h2-12,14H,13H2,1H3,(H2,25,26,28,29)/b12-9+. The average molecular weight is 420 g/mol. The number of hydrogen-bond acceptors (Lipinski definition) is 4. The van der Waals surface area contributed by atoms with Gasteiger partial charge in [-0.15, -0.1) is 0 Å². The molecule has 30 heavy (non-hydrogen) atoms. The summed E-state index contributed by atoms with van der Waals surface area (Å²) in [4.78, 5) is 35.5. The minimum absolute atomic E-state index is 0.212. The number of carbonyl (C=O) groups is 3. The molecular formula is C21H19F3N2O4. The van der Waals surface area contributed by atoms with Crippen molar-refractivity contribution < 1.29 is 32.3 Å². The predicted octanol–water partition coefficient (Wildman–Crippen LogP) is 3.68. The number of imide groups is 1. The maximum Gasteiger partial charge on any atom is 0.416 e. The molecule has 0 fully saturated rings. The maximum atomic E-state index is 12.5. The van der Waals surface area contributed by atoms with Gasteiger partial charge in [0.05, 0.1) is 5.56 Å². The number of urea groups is 1. The summed E-state index contributed by atoms with van der Waals surface area (Å²) in [6.07, 6.45) is -3.48. The van der Waals surface area contributed by atoms with Gasteiger partial charge >= 0.3 is 18.2 Å². The molecule has 0 aliphatic heterocycles. The van der Waals surface area contributed by atoms with Crippen LogP contribution in [0.3, 0.4) is 0 Å². The molecule has 6 nitrogen and oxygen atoms in total. The van der Waals surface area contributed by atoms with Gasteiger partial charge in [-0.3, -0.25) is 10.1 Å². The number of alkyl halides is 3. The van der Waals surface area contributed by atoms with E-state index >= 15 is 0 Å². The highest BCUT2D eigenvalue weighted by Gasteiger charge is 2.29. The van der Waals surface area contributed by atoms with Crippen LogP contribution in [-0.4, -0.2) is 24.0 Å². The number of benzene rings is 2. The zero-order valence-electron chi connectivity index (χ0n) is 15.9. The molecule has 2 N–H and O–H groups in total. The van der Waals surface area contributed by atoms with E-state index in [9.17, 15) is 27.6 Å². The minimum Gasteiger partial charge on any atom is -0.449 e. The number of rotatable bonds is 6. The summed E-state index contributed by atoms with van der Waals surface area (Å²) in [7, 11) is 0. The molecule has 1 unspecified atom stereocenters. The quantitative estimate of drug-likeness (QED) is 0.552. The molecule has 9 heteroatoms. The fraction of sp³-hybridized carbons (Fsp3) is 0.190. The normalized spacial score (nSPS) is 12.3. The Kier molecular flexibility index (Phi) is 7.74. The van der Waals surface area contributed by atoms with E-state index < -0.39 is 35.8 Å². The minimum atomic E-state index is -4.45. The van der Waals surface area contributed by atoms with Crippen molar-refractivity contribution in [2.24, 2.45) is 0 Å². The lowest BCUT2D eigenvalue weighted by atomic mass is 10.1. The second-order valence-corrected chi connectivity index (χ2v) is 6.19. The molecule has 0 aromatic heterocycles. The Morgan fingerprint density at radius 1 is 1.03 bits per heavy atom. The Hall–Kier alpha value is -3.62. The van der Waals surface area contributed by atoms with E-state index in [-0.39, 0.29) is 6.54 Å². The first-order chi connectivity index (χ1) is 14.1. The SMILES string of the molecule is CC(OC(=O)/C=C/c1ccc(C(F)(F)F)cc1)C(=O)NC(=O)NCc1ccccc1. The molecule has 0 saturated carbocycles. The molecule has 2 rings (SSSR count). The van der Waals surface area contributed by atoms with Gasteiger partial charge in [0, 0.05) is 12.6 Å². The zero-order chi connectivity index (χ0) is 22.1. The third kappa shape index (κ3) is 7.42. The van der Waals surface area contributed by atoms with Crippen molar-refractivity contribution in [1.29, 1.82) is 0 Å². The molecule has 2 aromatic rings. The first kappa shape index (κ1) is 22.7. The Balaban J connectivity index is 1.79. The van der Waals surface area contributed by atoms with Crippen LogP contribution < -0.4 is 10.6 Å². The van der Waals surface area contributed by atoms with Crippen LogP contribution in [0.1, 0.15) is 23.6 Å². The Morgan fingerprint density at radius 2 is 1.67 bits per heavy atom. The van der Waals surface area contributed by atoms with Crippen molar-refractivity contribution in [2.75, 3.05) is 0 Å². The second-order valence-electron chi connectivity index (χ2n) is 6.19. The number of ether oxygens (including phenoxy) is 1. The van der Waals surface area contributed by atoms with E-state index in [1.54, 1.807) is 24.3 Å². The van der Waals surface area contributed by atoms with E-state index in [1.807, 2.05) is 6.07 Å².